The minimum atomic E-state index is -0.339. The highest BCUT2D eigenvalue weighted by Gasteiger charge is 2.07. The van der Waals surface area contributed by atoms with Gasteiger partial charge in [0, 0.05) is 18.3 Å². The average Bonchev–Trinajstić information content (AvgIpc) is 2.20. The second-order valence-electron chi connectivity index (χ2n) is 4.14. The van der Waals surface area contributed by atoms with E-state index >= 15 is 0 Å². The SMILES string of the molecule is CC(=O)CC(=O)Nc1ccc(NC(C)=O)c(C)c1. The molecular weight excluding hydrogens is 232 g/mol. The van der Waals surface area contributed by atoms with Gasteiger partial charge in [-0.05, 0) is 37.6 Å². The first kappa shape index (κ1) is 13.9. The number of carbonyl (C=O) groups is 3. The van der Waals surface area contributed by atoms with E-state index in [1.807, 2.05) is 6.92 Å². The van der Waals surface area contributed by atoms with Crippen LogP contribution in [0.4, 0.5) is 11.4 Å². The summed E-state index contributed by atoms with van der Waals surface area (Å²) in [6.45, 7) is 4.62. The van der Waals surface area contributed by atoms with E-state index in [1.165, 1.54) is 13.8 Å². The number of hydrogen-bond acceptors (Lipinski definition) is 3. The fraction of sp³-hybridized carbons (Fsp3) is 0.308. The Balaban J connectivity index is 2.75. The van der Waals surface area contributed by atoms with Crippen molar-refractivity contribution in [3.05, 3.63) is 23.8 Å². The number of Topliss-reactive ketones (excluding diaryl/α,β-unsaturated/α-hetero) is 1. The molecule has 1 aromatic rings. The van der Waals surface area contributed by atoms with Gasteiger partial charge < -0.3 is 10.6 Å². The molecule has 5 nitrogen and oxygen atoms in total. The zero-order valence-electron chi connectivity index (χ0n) is 10.7. The van der Waals surface area contributed by atoms with Crippen molar-refractivity contribution in [3.63, 3.8) is 0 Å². The number of benzene rings is 1. The van der Waals surface area contributed by atoms with Crippen LogP contribution in [0.3, 0.4) is 0 Å². The van der Waals surface area contributed by atoms with Crippen LogP contribution < -0.4 is 10.6 Å². The first-order valence-corrected chi connectivity index (χ1v) is 5.56. The molecule has 0 radical (unpaired) electrons. The van der Waals surface area contributed by atoms with Crippen LogP contribution in [0.15, 0.2) is 18.2 Å². The van der Waals surface area contributed by atoms with Gasteiger partial charge in [-0.15, -0.1) is 0 Å². The summed E-state index contributed by atoms with van der Waals surface area (Å²) in [7, 11) is 0. The lowest BCUT2D eigenvalue weighted by Crippen LogP contribution is -2.15. The van der Waals surface area contributed by atoms with Gasteiger partial charge >= 0.3 is 0 Å². The first-order valence-electron chi connectivity index (χ1n) is 5.56. The highest BCUT2D eigenvalue weighted by molar-refractivity contribution is 6.03. The van der Waals surface area contributed by atoms with Gasteiger partial charge in [0.15, 0.2) is 0 Å². The summed E-state index contributed by atoms with van der Waals surface area (Å²) < 4.78 is 0. The highest BCUT2D eigenvalue weighted by atomic mass is 16.2. The fourth-order valence-corrected chi connectivity index (χ4v) is 1.50. The maximum Gasteiger partial charge on any atom is 0.231 e. The normalized spacial score (nSPS) is 9.72. The molecule has 2 N–H and O–H groups in total. The molecule has 2 amide bonds. The Labute approximate surface area is 106 Å². The lowest BCUT2D eigenvalue weighted by atomic mass is 10.1. The van der Waals surface area contributed by atoms with E-state index in [1.54, 1.807) is 18.2 Å². The molecule has 0 heterocycles. The highest BCUT2D eigenvalue weighted by Crippen LogP contribution is 2.19. The maximum absolute atomic E-state index is 11.4. The van der Waals surface area contributed by atoms with Crippen molar-refractivity contribution in [2.75, 3.05) is 10.6 Å². The van der Waals surface area contributed by atoms with Crippen molar-refractivity contribution in [1.82, 2.24) is 0 Å². The molecular formula is C13H16N2O3. The topological polar surface area (TPSA) is 75.3 Å². The standard InChI is InChI=1S/C13H16N2O3/c1-8-6-11(15-13(18)7-9(2)16)4-5-12(8)14-10(3)17/h4-6H,7H2,1-3H3,(H,14,17)(H,15,18). The number of rotatable bonds is 4. The van der Waals surface area contributed by atoms with Crippen LogP contribution in [0.5, 0.6) is 0 Å². The predicted octanol–water partition coefficient (Wildman–Crippen LogP) is 1.87. The van der Waals surface area contributed by atoms with Crippen molar-refractivity contribution in [2.45, 2.75) is 27.2 Å². The number of anilines is 2. The Bertz CT molecular complexity index is 495. The van der Waals surface area contributed by atoms with Crippen molar-refractivity contribution >= 4 is 29.0 Å². The van der Waals surface area contributed by atoms with Gasteiger partial charge in [-0.3, -0.25) is 14.4 Å². The van der Waals surface area contributed by atoms with Gasteiger partial charge in [0.05, 0.1) is 6.42 Å². The largest absolute Gasteiger partial charge is 0.326 e. The number of aryl methyl sites for hydroxylation is 1. The summed E-state index contributed by atoms with van der Waals surface area (Å²) in [4.78, 5) is 33.1. The summed E-state index contributed by atoms with van der Waals surface area (Å²) in [6.07, 6.45) is -0.132. The lowest BCUT2D eigenvalue weighted by Gasteiger charge is -2.09. The number of hydrogen-bond donors (Lipinski definition) is 2. The van der Waals surface area contributed by atoms with Gasteiger partial charge in [0.2, 0.25) is 11.8 Å². The van der Waals surface area contributed by atoms with Crippen molar-refractivity contribution in [2.24, 2.45) is 0 Å². The molecule has 0 spiro atoms. The number of nitrogens with one attached hydrogen (secondary N) is 2. The summed E-state index contributed by atoms with van der Waals surface area (Å²) >= 11 is 0. The Hall–Kier alpha value is -2.17. The van der Waals surface area contributed by atoms with E-state index < -0.39 is 0 Å². The fourth-order valence-electron chi connectivity index (χ4n) is 1.50. The Morgan fingerprint density at radius 2 is 1.78 bits per heavy atom. The molecule has 1 rings (SSSR count). The molecule has 0 aliphatic rings. The Kier molecular flexibility index (Phi) is 4.59. The third-order valence-electron chi connectivity index (χ3n) is 2.23. The first-order chi connectivity index (χ1) is 8.38. The Morgan fingerprint density at radius 1 is 1.11 bits per heavy atom. The van der Waals surface area contributed by atoms with Crippen molar-refractivity contribution in [1.29, 1.82) is 0 Å². The quantitative estimate of drug-likeness (QED) is 0.799. The zero-order valence-corrected chi connectivity index (χ0v) is 10.7. The van der Waals surface area contributed by atoms with Gasteiger partial charge in [0.1, 0.15) is 5.78 Å². The van der Waals surface area contributed by atoms with E-state index in [9.17, 15) is 14.4 Å². The monoisotopic (exact) mass is 248 g/mol. The predicted molar refractivity (Wildman–Crippen MR) is 69.4 cm³/mol. The van der Waals surface area contributed by atoms with Gasteiger partial charge in [-0.1, -0.05) is 0 Å². The third-order valence-corrected chi connectivity index (χ3v) is 2.23. The van der Waals surface area contributed by atoms with Crippen LogP contribution in [0, 0.1) is 6.92 Å². The number of amides is 2. The molecule has 0 saturated carbocycles. The smallest absolute Gasteiger partial charge is 0.231 e. The minimum absolute atomic E-state index is 0.132. The second kappa shape index (κ2) is 5.95. The molecule has 0 bridgehead atoms. The van der Waals surface area contributed by atoms with E-state index in [-0.39, 0.29) is 24.0 Å². The second-order valence-corrected chi connectivity index (χ2v) is 4.14. The summed E-state index contributed by atoms with van der Waals surface area (Å²) in [5, 5.41) is 5.30. The van der Waals surface area contributed by atoms with Crippen molar-refractivity contribution in [3.8, 4) is 0 Å². The van der Waals surface area contributed by atoms with E-state index in [4.69, 9.17) is 0 Å². The van der Waals surface area contributed by atoms with Crippen LogP contribution in [-0.2, 0) is 14.4 Å². The van der Waals surface area contributed by atoms with E-state index in [0.717, 1.165) is 5.56 Å². The van der Waals surface area contributed by atoms with Crippen LogP contribution in [-0.4, -0.2) is 17.6 Å². The molecule has 0 unspecified atom stereocenters. The molecule has 0 aliphatic heterocycles. The van der Waals surface area contributed by atoms with Gasteiger partial charge in [-0.25, -0.2) is 0 Å². The van der Waals surface area contributed by atoms with Crippen LogP contribution in [0.1, 0.15) is 25.8 Å². The molecule has 0 aromatic heterocycles. The van der Waals surface area contributed by atoms with Crippen LogP contribution >= 0.6 is 0 Å². The summed E-state index contributed by atoms with van der Waals surface area (Å²) in [5.74, 6) is -0.667. The number of ketones is 1. The average molecular weight is 248 g/mol. The molecule has 1 aromatic carbocycles. The minimum Gasteiger partial charge on any atom is -0.326 e. The molecule has 0 saturated heterocycles. The van der Waals surface area contributed by atoms with E-state index in [2.05, 4.69) is 10.6 Å². The summed E-state index contributed by atoms with van der Waals surface area (Å²) in [6, 6.07) is 5.12. The van der Waals surface area contributed by atoms with Crippen LogP contribution in [0.25, 0.3) is 0 Å². The lowest BCUT2D eigenvalue weighted by molar-refractivity contribution is -0.124. The summed E-state index contributed by atoms with van der Waals surface area (Å²) in [5.41, 5.74) is 2.14. The van der Waals surface area contributed by atoms with Crippen molar-refractivity contribution < 1.29 is 14.4 Å². The van der Waals surface area contributed by atoms with Gasteiger partial charge in [0.25, 0.3) is 0 Å². The number of carbonyl (C=O) groups excluding carboxylic acids is 3. The molecule has 0 atom stereocenters. The Morgan fingerprint density at radius 3 is 2.28 bits per heavy atom. The van der Waals surface area contributed by atoms with Gasteiger partial charge in [-0.2, -0.15) is 0 Å². The molecule has 5 heteroatoms. The molecule has 18 heavy (non-hydrogen) atoms. The third kappa shape index (κ3) is 4.37. The molecule has 0 aliphatic carbocycles. The zero-order chi connectivity index (χ0) is 13.7. The maximum atomic E-state index is 11.4. The molecule has 96 valence electrons. The molecule has 0 fully saturated rings. The van der Waals surface area contributed by atoms with Crippen LogP contribution in [0.2, 0.25) is 0 Å². The van der Waals surface area contributed by atoms with E-state index in [0.29, 0.717) is 11.4 Å².